The summed E-state index contributed by atoms with van der Waals surface area (Å²) in [4.78, 5) is 35.2. The fourth-order valence-electron chi connectivity index (χ4n) is 1.96. The van der Waals surface area contributed by atoms with Crippen molar-refractivity contribution in [2.45, 2.75) is 31.3 Å². The Kier molecular flexibility index (Phi) is 5.71. The van der Waals surface area contributed by atoms with Gasteiger partial charge in [0.25, 0.3) is 0 Å². The number of carboxylic acid groups (broad SMARTS) is 1. The maximum Gasteiger partial charge on any atom is 0.326 e. The van der Waals surface area contributed by atoms with Gasteiger partial charge in [-0.15, -0.1) is 0 Å². The molecule has 8 heteroatoms. The Bertz CT molecular complexity index is 353. The largest absolute Gasteiger partial charge is 0.480 e. The molecule has 0 bridgehead atoms. The fourth-order valence-corrected chi connectivity index (χ4v) is 1.96. The monoisotopic (exact) mass is 272 g/mol. The van der Waals surface area contributed by atoms with E-state index in [1.165, 1.54) is 0 Å². The van der Waals surface area contributed by atoms with Crippen LogP contribution in [0.2, 0.25) is 0 Å². The molecule has 1 saturated heterocycles. The van der Waals surface area contributed by atoms with Crippen molar-refractivity contribution < 1.29 is 19.5 Å². The molecule has 1 fully saturated rings. The number of carbonyl (C=O) groups is 3. The van der Waals surface area contributed by atoms with Crippen LogP contribution in [0.4, 0.5) is 0 Å². The molecule has 1 unspecified atom stereocenters. The van der Waals surface area contributed by atoms with Crippen LogP contribution >= 0.6 is 0 Å². The van der Waals surface area contributed by atoms with Gasteiger partial charge in [-0.05, 0) is 12.8 Å². The first-order valence-corrected chi connectivity index (χ1v) is 6.17. The van der Waals surface area contributed by atoms with E-state index in [0.717, 1.165) is 12.8 Å². The molecule has 1 heterocycles. The molecule has 0 aromatic heterocycles. The Hall–Kier alpha value is -1.67. The highest BCUT2D eigenvalue weighted by atomic mass is 16.4. The zero-order valence-electron chi connectivity index (χ0n) is 10.7. The lowest BCUT2D eigenvalue weighted by molar-refractivity contribution is -0.143. The zero-order valence-corrected chi connectivity index (χ0v) is 10.7. The van der Waals surface area contributed by atoms with Crippen molar-refractivity contribution in [1.82, 2.24) is 10.2 Å². The van der Waals surface area contributed by atoms with Crippen LogP contribution in [0.3, 0.4) is 0 Å². The van der Waals surface area contributed by atoms with E-state index in [9.17, 15) is 14.4 Å². The minimum absolute atomic E-state index is 0.106. The second kappa shape index (κ2) is 7.05. The number of piperidine rings is 1. The summed E-state index contributed by atoms with van der Waals surface area (Å²) in [5.41, 5.74) is 10.7. The predicted molar refractivity (Wildman–Crippen MR) is 67.0 cm³/mol. The number of hydrogen-bond acceptors (Lipinski definition) is 5. The highest BCUT2D eigenvalue weighted by Gasteiger charge is 2.24. The maximum absolute atomic E-state index is 11.7. The van der Waals surface area contributed by atoms with E-state index in [0.29, 0.717) is 13.1 Å². The lowest BCUT2D eigenvalue weighted by Crippen LogP contribution is -2.49. The molecule has 0 aliphatic carbocycles. The standard InChI is InChI=1S/C11H20N4O4/c12-7-1-3-15(4-2-7)6-10(17)14-8(11(18)19)5-9(13)16/h7-8H,1-6,12H2,(H2,13,16)(H,14,17)(H,18,19). The summed E-state index contributed by atoms with van der Waals surface area (Å²) < 4.78 is 0. The number of aliphatic carboxylic acids is 1. The van der Waals surface area contributed by atoms with Crippen LogP contribution in [0.25, 0.3) is 0 Å². The van der Waals surface area contributed by atoms with Crippen molar-refractivity contribution in [3.8, 4) is 0 Å². The lowest BCUT2D eigenvalue weighted by atomic mass is 10.1. The summed E-state index contributed by atoms with van der Waals surface area (Å²) in [6, 6.07) is -1.10. The third-order valence-corrected chi connectivity index (χ3v) is 3.04. The number of primary amides is 1. The van der Waals surface area contributed by atoms with E-state index in [1.807, 2.05) is 4.90 Å². The highest BCUT2D eigenvalue weighted by molar-refractivity contribution is 5.88. The Morgan fingerprint density at radius 1 is 1.32 bits per heavy atom. The van der Waals surface area contributed by atoms with Crippen LogP contribution in [0, 0.1) is 0 Å². The van der Waals surface area contributed by atoms with Crippen molar-refractivity contribution in [3.63, 3.8) is 0 Å². The number of hydrogen-bond donors (Lipinski definition) is 4. The molecule has 19 heavy (non-hydrogen) atoms. The predicted octanol–water partition coefficient (Wildman–Crippen LogP) is -2.15. The van der Waals surface area contributed by atoms with Gasteiger partial charge in [0, 0.05) is 19.1 Å². The molecule has 2 amide bonds. The number of nitrogens with two attached hydrogens (primary N) is 2. The van der Waals surface area contributed by atoms with Gasteiger partial charge >= 0.3 is 5.97 Å². The van der Waals surface area contributed by atoms with Gasteiger partial charge in [0.1, 0.15) is 6.04 Å². The van der Waals surface area contributed by atoms with Gasteiger partial charge in [0.15, 0.2) is 0 Å². The SMILES string of the molecule is NC(=O)CC(NC(=O)CN1CCC(N)CC1)C(=O)O. The number of likely N-dealkylation sites (tertiary alicyclic amines) is 1. The summed E-state index contributed by atoms with van der Waals surface area (Å²) in [7, 11) is 0. The molecule has 108 valence electrons. The molecule has 6 N–H and O–H groups in total. The van der Waals surface area contributed by atoms with E-state index in [2.05, 4.69) is 5.32 Å². The van der Waals surface area contributed by atoms with E-state index < -0.39 is 30.2 Å². The molecule has 1 aliphatic rings. The van der Waals surface area contributed by atoms with Crippen molar-refractivity contribution in [2.24, 2.45) is 11.5 Å². The van der Waals surface area contributed by atoms with E-state index in [-0.39, 0.29) is 12.6 Å². The molecule has 8 nitrogen and oxygen atoms in total. The first kappa shape index (κ1) is 15.4. The Balaban J connectivity index is 2.40. The Labute approximate surface area is 111 Å². The summed E-state index contributed by atoms with van der Waals surface area (Å²) >= 11 is 0. The number of nitrogens with zero attached hydrogens (tertiary/aromatic N) is 1. The average Bonchev–Trinajstić information content (AvgIpc) is 2.30. The van der Waals surface area contributed by atoms with Gasteiger partial charge in [-0.25, -0.2) is 4.79 Å². The third kappa shape index (κ3) is 5.66. The van der Waals surface area contributed by atoms with Gasteiger partial charge in [0.05, 0.1) is 13.0 Å². The minimum atomic E-state index is -1.27. The van der Waals surface area contributed by atoms with Gasteiger partial charge in [-0.3, -0.25) is 14.5 Å². The molecule has 0 radical (unpaired) electrons. The van der Waals surface area contributed by atoms with Crippen molar-refractivity contribution in [3.05, 3.63) is 0 Å². The van der Waals surface area contributed by atoms with Crippen LogP contribution in [0.15, 0.2) is 0 Å². The Morgan fingerprint density at radius 3 is 2.37 bits per heavy atom. The van der Waals surface area contributed by atoms with Gasteiger partial charge < -0.3 is 21.9 Å². The highest BCUT2D eigenvalue weighted by Crippen LogP contribution is 2.07. The quantitative estimate of drug-likeness (QED) is 0.435. The summed E-state index contributed by atoms with van der Waals surface area (Å²) in [6.45, 7) is 1.53. The number of amides is 2. The molecule has 1 rings (SSSR count). The van der Waals surface area contributed by atoms with E-state index in [1.54, 1.807) is 0 Å². The normalized spacial score (nSPS) is 18.8. The third-order valence-electron chi connectivity index (χ3n) is 3.04. The van der Waals surface area contributed by atoms with Crippen LogP contribution < -0.4 is 16.8 Å². The zero-order chi connectivity index (χ0) is 14.4. The van der Waals surface area contributed by atoms with E-state index in [4.69, 9.17) is 16.6 Å². The van der Waals surface area contributed by atoms with Crippen LogP contribution in [0.5, 0.6) is 0 Å². The van der Waals surface area contributed by atoms with Gasteiger partial charge in [-0.2, -0.15) is 0 Å². The summed E-state index contributed by atoms with van der Waals surface area (Å²) in [5.74, 6) is -2.46. The summed E-state index contributed by atoms with van der Waals surface area (Å²) in [5, 5.41) is 11.2. The van der Waals surface area contributed by atoms with Gasteiger partial charge in [-0.1, -0.05) is 0 Å². The average molecular weight is 272 g/mol. The van der Waals surface area contributed by atoms with Crippen LogP contribution in [-0.2, 0) is 14.4 Å². The fraction of sp³-hybridized carbons (Fsp3) is 0.727. The van der Waals surface area contributed by atoms with Gasteiger partial charge in [0.2, 0.25) is 11.8 Å². The summed E-state index contributed by atoms with van der Waals surface area (Å²) in [6.07, 6.45) is 1.22. The smallest absolute Gasteiger partial charge is 0.326 e. The molecule has 0 spiro atoms. The molecular weight excluding hydrogens is 252 g/mol. The minimum Gasteiger partial charge on any atom is -0.480 e. The lowest BCUT2D eigenvalue weighted by Gasteiger charge is -2.29. The molecule has 1 aliphatic heterocycles. The van der Waals surface area contributed by atoms with Crippen LogP contribution in [0.1, 0.15) is 19.3 Å². The maximum atomic E-state index is 11.7. The van der Waals surface area contributed by atoms with Crippen molar-refractivity contribution in [2.75, 3.05) is 19.6 Å². The molecule has 1 atom stereocenters. The molecule has 0 saturated carbocycles. The molecule has 0 aromatic carbocycles. The van der Waals surface area contributed by atoms with Crippen LogP contribution in [-0.4, -0.2) is 59.5 Å². The topological polar surface area (TPSA) is 139 Å². The number of rotatable bonds is 6. The first-order valence-electron chi connectivity index (χ1n) is 6.17. The Morgan fingerprint density at radius 2 is 1.89 bits per heavy atom. The first-order chi connectivity index (χ1) is 8.88. The number of carbonyl (C=O) groups excluding carboxylic acids is 2. The van der Waals surface area contributed by atoms with Crippen molar-refractivity contribution in [1.29, 1.82) is 0 Å². The molecular formula is C11H20N4O4. The molecule has 0 aromatic rings. The number of carboxylic acids is 1. The number of nitrogens with one attached hydrogen (secondary N) is 1. The second-order valence-corrected chi connectivity index (χ2v) is 4.74. The second-order valence-electron chi connectivity index (χ2n) is 4.74. The van der Waals surface area contributed by atoms with E-state index >= 15 is 0 Å². The van der Waals surface area contributed by atoms with Crippen molar-refractivity contribution >= 4 is 17.8 Å².